The van der Waals surface area contributed by atoms with Crippen LogP contribution in [0.25, 0.3) is 0 Å². The highest BCUT2D eigenvalue weighted by atomic mass is 127. The summed E-state index contributed by atoms with van der Waals surface area (Å²) in [7, 11) is 4.40. The number of halogens is 5. The standard InChI is InChI=1S/C15H20ClF3N4O.HI/c1-20-14(21-8-13(24)23(3)10-15(17,18)19)22(2)9-11-4-6-12(16)7-5-11;/h4-7H,8-10H2,1-3H3,(H,20,21);1H. The largest absolute Gasteiger partial charge is 0.406 e. The minimum Gasteiger partial charge on any atom is -0.347 e. The second-order valence-corrected chi connectivity index (χ2v) is 5.68. The first-order valence-electron chi connectivity index (χ1n) is 7.09. The van der Waals surface area contributed by atoms with Crippen LogP contribution in [0.4, 0.5) is 13.2 Å². The lowest BCUT2D eigenvalue weighted by atomic mass is 10.2. The molecule has 1 aromatic rings. The Morgan fingerprint density at radius 3 is 2.24 bits per heavy atom. The Morgan fingerprint density at radius 2 is 1.76 bits per heavy atom. The summed E-state index contributed by atoms with van der Waals surface area (Å²) in [6.07, 6.45) is -4.42. The van der Waals surface area contributed by atoms with Crippen molar-refractivity contribution in [1.29, 1.82) is 0 Å². The van der Waals surface area contributed by atoms with Crippen LogP contribution in [0.1, 0.15) is 5.56 Å². The van der Waals surface area contributed by atoms with E-state index < -0.39 is 18.6 Å². The number of likely N-dealkylation sites (N-methyl/N-ethyl adjacent to an activating group) is 1. The maximum absolute atomic E-state index is 12.3. The number of benzene rings is 1. The van der Waals surface area contributed by atoms with E-state index in [4.69, 9.17) is 11.6 Å². The van der Waals surface area contributed by atoms with Crippen molar-refractivity contribution in [2.45, 2.75) is 12.7 Å². The molecular weight excluding hydrogens is 472 g/mol. The van der Waals surface area contributed by atoms with Gasteiger partial charge in [0.2, 0.25) is 5.91 Å². The van der Waals surface area contributed by atoms with E-state index in [1.54, 1.807) is 24.1 Å². The van der Waals surface area contributed by atoms with Crippen molar-refractivity contribution >= 4 is 47.4 Å². The van der Waals surface area contributed by atoms with Crippen LogP contribution in [0.3, 0.4) is 0 Å². The molecular formula is C15H21ClF3IN4O. The van der Waals surface area contributed by atoms with Gasteiger partial charge in [0.25, 0.3) is 0 Å². The van der Waals surface area contributed by atoms with Crippen molar-refractivity contribution in [1.82, 2.24) is 15.1 Å². The van der Waals surface area contributed by atoms with Crippen LogP contribution in [0.2, 0.25) is 5.02 Å². The normalized spacial score (nSPS) is 11.6. The molecule has 0 radical (unpaired) electrons. The molecule has 1 N–H and O–H groups in total. The highest BCUT2D eigenvalue weighted by molar-refractivity contribution is 14.0. The number of rotatable bonds is 5. The summed E-state index contributed by atoms with van der Waals surface area (Å²) in [5.74, 6) is -0.271. The Kier molecular flexibility index (Phi) is 10.2. The van der Waals surface area contributed by atoms with Crippen molar-refractivity contribution in [2.24, 2.45) is 4.99 Å². The van der Waals surface area contributed by atoms with Gasteiger partial charge in [0.1, 0.15) is 6.54 Å². The second kappa shape index (κ2) is 10.7. The first kappa shape index (κ1) is 23.8. The van der Waals surface area contributed by atoms with E-state index in [0.717, 1.165) is 12.6 Å². The predicted molar refractivity (Wildman–Crippen MR) is 103 cm³/mol. The molecule has 0 bridgehead atoms. The first-order valence-corrected chi connectivity index (χ1v) is 7.47. The fourth-order valence-electron chi connectivity index (χ4n) is 1.97. The average molecular weight is 493 g/mol. The van der Waals surface area contributed by atoms with E-state index in [1.165, 1.54) is 7.05 Å². The zero-order valence-electron chi connectivity index (χ0n) is 14.1. The molecule has 0 spiro atoms. The fraction of sp³-hybridized carbons (Fsp3) is 0.467. The number of carbonyl (C=O) groups excluding carboxylic acids is 1. The minimum absolute atomic E-state index is 0. The van der Waals surface area contributed by atoms with Gasteiger partial charge in [-0.3, -0.25) is 9.79 Å². The van der Waals surface area contributed by atoms with Crippen LogP contribution in [-0.4, -0.2) is 62.1 Å². The SMILES string of the molecule is CN=C(NCC(=O)N(C)CC(F)(F)F)N(C)Cc1ccc(Cl)cc1.I. The van der Waals surface area contributed by atoms with Crippen LogP contribution < -0.4 is 5.32 Å². The summed E-state index contributed by atoms with van der Waals surface area (Å²) in [4.78, 5) is 18.1. The smallest absolute Gasteiger partial charge is 0.347 e. The number of hydrogen-bond acceptors (Lipinski definition) is 2. The third kappa shape index (κ3) is 9.15. The van der Waals surface area contributed by atoms with Gasteiger partial charge in [-0.05, 0) is 17.7 Å². The van der Waals surface area contributed by atoms with Crippen LogP contribution >= 0.6 is 35.6 Å². The summed E-state index contributed by atoms with van der Waals surface area (Å²) in [6, 6.07) is 7.23. The topological polar surface area (TPSA) is 47.9 Å². The molecule has 1 aromatic carbocycles. The predicted octanol–water partition coefficient (Wildman–Crippen LogP) is 2.99. The van der Waals surface area contributed by atoms with Gasteiger partial charge in [0.15, 0.2) is 5.96 Å². The van der Waals surface area contributed by atoms with Gasteiger partial charge in [-0.1, -0.05) is 23.7 Å². The van der Waals surface area contributed by atoms with Crippen molar-refractivity contribution in [3.8, 4) is 0 Å². The fourth-order valence-corrected chi connectivity index (χ4v) is 2.10. The Balaban J connectivity index is 0.00000576. The van der Waals surface area contributed by atoms with E-state index in [2.05, 4.69) is 10.3 Å². The maximum atomic E-state index is 12.3. The Hall–Kier alpha value is -1.23. The van der Waals surface area contributed by atoms with Gasteiger partial charge in [0, 0.05) is 32.7 Å². The van der Waals surface area contributed by atoms with E-state index in [-0.39, 0.29) is 30.5 Å². The molecule has 0 heterocycles. The molecule has 0 atom stereocenters. The minimum atomic E-state index is -4.42. The van der Waals surface area contributed by atoms with E-state index in [9.17, 15) is 18.0 Å². The molecule has 0 fully saturated rings. The lowest BCUT2D eigenvalue weighted by Crippen LogP contribution is -2.45. The van der Waals surface area contributed by atoms with E-state index >= 15 is 0 Å². The molecule has 0 aliphatic heterocycles. The van der Waals surface area contributed by atoms with Crippen LogP contribution in [0, 0.1) is 0 Å². The summed E-state index contributed by atoms with van der Waals surface area (Å²) in [5.41, 5.74) is 0.977. The van der Waals surface area contributed by atoms with Crippen LogP contribution in [-0.2, 0) is 11.3 Å². The summed E-state index contributed by atoms with van der Waals surface area (Å²) in [6.45, 7) is -1.06. The van der Waals surface area contributed by atoms with Crippen LogP contribution in [0.15, 0.2) is 29.3 Å². The zero-order valence-corrected chi connectivity index (χ0v) is 17.2. The lowest BCUT2D eigenvalue weighted by molar-refractivity contribution is -0.157. The summed E-state index contributed by atoms with van der Waals surface area (Å²) in [5, 5.41) is 3.39. The number of guanidine groups is 1. The molecule has 10 heteroatoms. The summed E-state index contributed by atoms with van der Waals surface area (Å²) < 4.78 is 36.8. The molecule has 0 saturated carbocycles. The third-order valence-electron chi connectivity index (χ3n) is 3.15. The van der Waals surface area contributed by atoms with Crippen molar-refractivity contribution < 1.29 is 18.0 Å². The number of nitrogens with one attached hydrogen (secondary N) is 1. The van der Waals surface area contributed by atoms with Gasteiger partial charge in [-0.15, -0.1) is 24.0 Å². The monoisotopic (exact) mass is 492 g/mol. The van der Waals surface area contributed by atoms with Crippen molar-refractivity contribution in [3.05, 3.63) is 34.9 Å². The molecule has 0 saturated heterocycles. The first-order chi connectivity index (χ1) is 11.1. The quantitative estimate of drug-likeness (QED) is 0.391. The second-order valence-electron chi connectivity index (χ2n) is 5.25. The van der Waals surface area contributed by atoms with Gasteiger partial charge in [-0.25, -0.2) is 0 Å². The number of hydrogen-bond donors (Lipinski definition) is 1. The van der Waals surface area contributed by atoms with Gasteiger partial charge >= 0.3 is 6.18 Å². The number of alkyl halides is 3. The molecule has 5 nitrogen and oxygen atoms in total. The van der Waals surface area contributed by atoms with Gasteiger partial charge in [0.05, 0.1) is 6.54 Å². The Bertz CT molecular complexity index is 581. The van der Waals surface area contributed by atoms with Crippen molar-refractivity contribution in [2.75, 3.05) is 34.2 Å². The van der Waals surface area contributed by atoms with Gasteiger partial charge in [-0.2, -0.15) is 13.2 Å². The molecule has 1 amide bonds. The highest BCUT2D eigenvalue weighted by Gasteiger charge is 2.31. The van der Waals surface area contributed by atoms with E-state index in [0.29, 0.717) is 22.4 Å². The molecule has 1 rings (SSSR count). The van der Waals surface area contributed by atoms with Gasteiger partial charge < -0.3 is 15.1 Å². The number of aliphatic imine (C=N–C) groups is 1. The third-order valence-corrected chi connectivity index (χ3v) is 3.40. The molecule has 0 aliphatic rings. The van der Waals surface area contributed by atoms with E-state index in [1.807, 2.05) is 12.1 Å². The van der Waals surface area contributed by atoms with Crippen molar-refractivity contribution in [3.63, 3.8) is 0 Å². The number of nitrogens with zero attached hydrogens (tertiary/aromatic N) is 3. The highest BCUT2D eigenvalue weighted by Crippen LogP contribution is 2.15. The Morgan fingerprint density at radius 1 is 1.20 bits per heavy atom. The average Bonchev–Trinajstić information content (AvgIpc) is 2.48. The number of carbonyl (C=O) groups is 1. The molecule has 142 valence electrons. The molecule has 25 heavy (non-hydrogen) atoms. The zero-order chi connectivity index (χ0) is 18.3. The maximum Gasteiger partial charge on any atom is 0.406 e. The molecule has 0 aliphatic carbocycles. The lowest BCUT2D eigenvalue weighted by Gasteiger charge is -2.24. The number of amides is 1. The Labute approximate surface area is 167 Å². The molecule has 0 aromatic heterocycles. The summed E-state index contributed by atoms with van der Waals surface area (Å²) >= 11 is 5.83. The van der Waals surface area contributed by atoms with Crippen LogP contribution in [0.5, 0.6) is 0 Å². The molecule has 0 unspecified atom stereocenters.